The first kappa shape index (κ1) is 20.0. The molecule has 0 bridgehead atoms. The Kier molecular flexibility index (Phi) is 9.72. The zero-order chi connectivity index (χ0) is 16.4. The van der Waals surface area contributed by atoms with Crippen LogP contribution in [0.15, 0.2) is 11.4 Å². The van der Waals surface area contributed by atoms with Crippen LogP contribution in [-0.2, 0) is 4.74 Å². The van der Waals surface area contributed by atoms with Crippen molar-refractivity contribution in [3.63, 3.8) is 0 Å². The Bertz CT molecular complexity index is 420. The summed E-state index contributed by atoms with van der Waals surface area (Å²) < 4.78 is 10.9. The first-order chi connectivity index (χ1) is 10.6. The quantitative estimate of drug-likeness (QED) is 0.337. The van der Waals surface area contributed by atoms with Crippen LogP contribution in [0.5, 0.6) is 0 Å². The molecule has 0 fully saturated rings. The molecule has 0 aliphatic heterocycles. The number of rotatable bonds is 11. The Balaban J connectivity index is 3.07. The summed E-state index contributed by atoms with van der Waals surface area (Å²) in [5.41, 5.74) is 0.771. The van der Waals surface area contributed by atoms with Gasteiger partial charge < -0.3 is 0 Å². The summed E-state index contributed by atoms with van der Waals surface area (Å²) in [6, 6.07) is 2.19. The molecule has 0 radical (unpaired) electrons. The van der Waals surface area contributed by atoms with Crippen LogP contribution >= 0.6 is 11.3 Å². The third kappa shape index (κ3) is 5.55. The minimum absolute atomic E-state index is 0.177. The second-order valence-electron chi connectivity index (χ2n) is 6.28. The molecule has 22 heavy (non-hydrogen) atoms. The van der Waals surface area contributed by atoms with Crippen LogP contribution in [-0.4, -0.2) is 31.5 Å². The van der Waals surface area contributed by atoms with Gasteiger partial charge in [0.25, 0.3) is 0 Å². The van der Waals surface area contributed by atoms with Gasteiger partial charge in [0.15, 0.2) is 0 Å². The normalized spacial score (nSPS) is 11.6. The van der Waals surface area contributed by atoms with Crippen molar-refractivity contribution in [1.29, 1.82) is 0 Å². The van der Waals surface area contributed by atoms with E-state index >= 15 is 0 Å². The predicted octanol–water partition coefficient (Wildman–Crippen LogP) is 5.59. The molecule has 1 aromatic heterocycles. The molecule has 126 valence electrons. The van der Waals surface area contributed by atoms with Crippen LogP contribution < -0.4 is 2.89 Å². The molecule has 0 N–H and O–H groups in total. The van der Waals surface area contributed by atoms with E-state index in [2.05, 4.69) is 26.8 Å². The summed E-state index contributed by atoms with van der Waals surface area (Å²) in [6.07, 6.45) is 7.92. The standard InChI is InChI=1S/C6H5O2S.3C4H9.Sn/c1-8-6(7)5-2-3-9-4-5;3*1-3-4-2;/h2,4H,1H3;3*1,3-4H2,2H3;. The summed E-state index contributed by atoms with van der Waals surface area (Å²) >= 11 is -0.501. The molecule has 1 rings (SSSR count). The summed E-state index contributed by atoms with van der Waals surface area (Å²) in [5, 5.41) is 2.02. The SMILES string of the molecule is CCC[CH2][Sn]([CH2]CCC)([CH2]CCC)[c]1cc(C(=O)OC)cs1. The molecule has 0 saturated heterocycles. The average Bonchev–Trinajstić information content (AvgIpc) is 3.04. The van der Waals surface area contributed by atoms with Gasteiger partial charge in [0.05, 0.1) is 0 Å². The maximum absolute atomic E-state index is 11.8. The average molecular weight is 431 g/mol. The molecule has 2 nitrogen and oxygen atoms in total. The van der Waals surface area contributed by atoms with E-state index in [4.69, 9.17) is 4.74 Å². The topological polar surface area (TPSA) is 26.3 Å². The summed E-state index contributed by atoms with van der Waals surface area (Å²) in [6.45, 7) is 6.89. The second-order valence-corrected chi connectivity index (χ2v) is 21.4. The van der Waals surface area contributed by atoms with Crippen LogP contribution in [0.2, 0.25) is 13.3 Å². The van der Waals surface area contributed by atoms with Gasteiger partial charge in [-0.3, -0.25) is 0 Å². The zero-order valence-electron chi connectivity index (χ0n) is 14.7. The monoisotopic (exact) mass is 432 g/mol. The fourth-order valence-corrected chi connectivity index (χ4v) is 23.1. The van der Waals surface area contributed by atoms with Crippen molar-refractivity contribution in [3.8, 4) is 0 Å². The number of carbonyl (C=O) groups excluding carboxylic acids is 1. The van der Waals surface area contributed by atoms with E-state index < -0.39 is 18.4 Å². The molecule has 1 aromatic rings. The Morgan fingerprint density at radius 1 is 1.05 bits per heavy atom. The Morgan fingerprint density at radius 2 is 1.55 bits per heavy atom. The van der Waals surface area contributed by atoms with E-state index in [1.165, 1.54) is 58.9 Å². The van der Waals surface area contributed by atoms with E-state index in [0.29, 0.717) is 0 Å². The molecule has 0 aliphatic carbocycles. The molecule has 0 unspecified atom stereocenters. The first-order valence-electron chi connectivity index (χ1n) is 8.80. The third-order valence-electron chi connectivity index (χ3n) is 4.57. The van der Waals surface area contributed by atoms with E-state index in [1.54, 1.807) is 2.89 Å². The summed E-state index contributed by atoms with van der Waals surface area (Å²) in [7, 11) is 1.47. The molecule has 4 heteroatoms. The van der Waals surface area contributed by atoms with Crippen molar-refractivity contribution >= 4 is 38.6 Å². The molecule has 0 amide bonds. The van der Waals surface area contributed by atoms with Crippen molar-refractivity contribution in [3.05, 3.63) is 17.0 Å². The summed E-state index contributed by atoms with van der Waals surface area (Å²) in [5.74, 6) is -0.177. The molecule has 0 aromatic carbocycles. The van der Waals surface area contributed by atoms with Gasteiger partial charge in [-0.1, -0.05) is 0 Å². The number of unbranched alkanes of at least 4 members (excludes halogenated alkanes) is 3. The third-order valence-corrected chi connectivity index (χ3v) is 23.8. The fraction of sp³-hybridized carbons (Fsp3) is 0.722. The number of methoxy groups -OCH3 is 1. The molecular weight excluding hydrogens is 399 g/mol. The van der Waals surface area contributed by atoms with Crippen molar-refractivity contribution in [2.75, 3.05) is 7.11 Å². The number of hydrogen-bond acceptors (Lipinski definition) is 3. The molecular formula is C18H32O2SSn. The van der Waals surface area contributed by atoms with Crippen molar-refractivity contribution < 1.29 is 9.53 Å². The van der Waals surface area contributed by atoms with Crippen LogP contribution in [0.25, 0.3) is 0 Å². The van der Waals surface area contributed by atoms with Gasteiger partial charge in [-0.15, -0.1) is 0 Å². The molecule has 1 heterocycles. The Morgan fingerprint density at radius 3 is 1.95 bits per heavy atom. The van der Waals surface area contributed by atoms with Gasteiger partial charge in [-0.05, 0) is 0 Å². The minimum atomic E-state index is -2.34. The molecule has 0 aliphatic rings. The van der Waals surface area contributed by atoms with Gasteiger partial charge >= 0.3 is 145 Å². The molecule has 0 saturated carbocycles. The van der Waals surface area contributed by atoms with Crippen molar-refractivity contribution in [2.45, 2.75) is 72.6 Å². The van der Waals surface area contributed by atoms with Gasteiger partial charge in [0.2, 0.25) is 0 Å². The first-order valence-corrected chi connectivity index (χ1v) is 17.2. The van der Waals surface area contributed by atoms with E-state index in [1.807, 2.05) is 16.7 Å². The van der Waals surface area contributed by atoms with Crippen LogP contribution in [0, 0.1) is 0 Å². The van der Waals surface area contributed by atoms with Gasteiger partial charge in [-0.2, -0.15) is 0 Å². The van der Waals surface area contributed by atoms with Crippen LogP contribution in [0.4, 0.5) is 0 Å². The number of thiophene rings is 1. The van der Waals surface area contributed by atoms with Crippen LogP contribution in [0.3, 0.4) is 0 Å². The summed E-state index contributed by atoms with van der Waals surface area (Å²) in [4.78, 5) is 11.8. The van der Waals surface area contributed by atoms with E-state index in [0.717, 1.165) is 5.56 Å². The maximum atomic E-state index is 11.8. The second kappa shape index (κ2) is 10.7. The molecule has 0 atom stereocenters. The number of carbonyl (C=O) groups is 1. The van der Waals surface area contributed by atoms with E-state index in [9.17, 15) is 4.79 Å². The van der Waals surface area contributed by atoms with Gasteiger partial charge in [0, 0.05) is 0 Å². The van der Waals surface area contributed by atoms with E-state index in [-0.39, 0.29) is 5.97 Å². The Hall–Kier alpha value is -0.0313. The van der Waals surface area contributed by atoms with Crippen molar-refractivity contribution in [2.24, 2.45) is 0 Å². The van der Waals surface area contributed by atoms with Crippen molar-refractivity contribution in [1.82, 2.24) is 0 Å². The number of ether oxygens (including phenoxy) is 1. The molecule has 0 spiro atoms. The number of esters is 1. The predicted molar refractivity (Wildman–Crippen MR) is 100 cm³/mol. The zero-order valence-corrected chi connectivity index (χ0v) is 18.4. The van der Waals surface area contributed by atoms with Gasteiger partial charge in [-0.25, -0.2) is 0 Å². The van der Waals surface area contributed by atoms with Gasteiger partial charge in [0.1, 0.15) is 0 Å². The Labute approximate surface area is 144 Å². The van der Waals surface area contributed by atoms with Crippen LogP contribution in [0.1, 0.15) is 69.7 Å². The fourth-order valence-electron chi connectivity index (χ4n) is 3.13. The number of hydrogen-bond donors (Lipinski definition) is 0.